The monoisotopic (exact) mass is 620 g/mol. The van der Waals surface area contributed by atoms with Gasteiger partial charge in [0, 0.05) is 35.8 Å². The lowest BCUT2D eigenvalue weighted by Gasteiger charge is -2.29. The van der Waals surface area contributed by atoms with Crippen LogP contribution in [0.4, 0.5) is 14.5 Å². The summed E-state index contributed by atoms with van der Waals surface area (Å²) >= 11 is 0. The largest absolute Gasteiger partial charge is 0.478 e. The highest BCUT2D eigenvalue weighted by molar-refractivity contribution is 5.96. The predicted molar refractivity (Wildman–Crippen MR) is 174 cm³/mol. The molecule has 3 atom stereocenters. The summed E-state index contributed by atoms with van der Waals surface area (Å²) in [6.45, 7) is 14.0. The number of carboxylic acids is 1. The number of carbonyl (C=O) groups is 2. The van der Waals surface area contributed by atoms with E-state index in [2.05, 4.69) is 37.9 Å². The van der Waals surface area contributed by atoms with E-state index in [1.165, 1.54) is 32.0 Å². The molecule has 0 saturated heterocycles. The smallest absolute Gasteiger partial charge is 0.347 e. The molecule has 0 aliphatic carbocycles. The topological polar surface area (TPSA) is 78.9 Å². The van der Waals surface area contributed by atoms with E-state index in [1.807, 2.05) is 31.2 Å². The molecular weight excluding hydrogens is 574 g/mol. The summed E-state index contributed by atoms with van der Waals surface area (Å²) in [4.78, 5) is 27.4. The first-order valence-electron chi connectivity index (χ1n) is 15.9. The van der Waals surface area contributed by atoms with Crippen LogP contribution in [0.3, 0.4) is 0 Å². The molecule has 1 heterocycles. The standard InChI is InChI=1S/C37H46F2N2O4/c1-8-9-10-25-13-28(18-29(38)14-25)23(4)40-35(42)27-11-12-32-33(24(5)41(21-22(2)3)34(32)19-27)17-26-15-30(39)20-31(16-26)45-37(6,7)36(43)44/h11-16,18-20,22-24,33H,8-10,17,21H2,1-7H3,(H,40,42)(H,43,44)/t23-,24?,33?/m0/s1. The summed E-state index contributed by atoms with van der Waals surface area (Å²) in [5.74, 6) is -1.64. The number of rotatable bonds is 13. The van der Waals surface area contributed by atoms with Crippen LogP contribution in [0, 0.1) is 17.6 Å². The molecule has 0 spiro atoms. The first kappa shape index (κ1) is 33.9. The molecule has 1 amide bonds. The fourth-order valence-electron chi connectivity index (χ4n) is 6.09. The lowest BCUT2D eigenvalue weighted by atomic mass is 9.88. The number of nitrogens with zero attached hydrogens (tertiary/aromatic N) is 1. The zero-order valence-electron chi connectivity index (χ0n) is 27.4. The molecule has 45 heavy (non-hydrogen) atoms. The van der Waals surface area contributed by atoms with Crippen LogP contribution in [0.15, 0.2) is 54.6 Å². The quantitative estimate of drug-likeness (QED) is 0.201. The van der Waals surface area contributed by atoms with Crippen LogP contribution in [0.2, 0.25) is 0 Å². The minimum absolute atomic E-state index is 0.00533. The second-order valence-electron chi connectivity index (χ2n) is 13.3. The summed E-state index contributed by atoms with van der Waals surface area (Å²) in [6.07, 6.45) is 3.30. The van der Waals surface area contributed by atoms with Crippen molar-refractivity contribution in [2.75, 3.05) is 11.4 Å². The van der Waals surface area contributed by atoms with Crippen LogP contribution in [0.25, 0.3) is 0 Å². The Balaban J connectivity index is 1.59. The number of aliphatic carboxylic acids is 1. The Morgan fingerprint density at radius 2 is 1.69 bits per heavy atom. The van der Waals surface area contributed by atoms with Gasteiger partial charge in [-0.3, -0.25) is 4.79 Å². The molecule has 0 bridgehead atoms. The number of aryl methyl sites for hydroxylation is 1. The van der Waals surface area contributed by atoms with Gasteiger partial charge in [-0.1, -0.05) is 39.3 Å². The Labute approximate surface area is 265 Å². The predicted octanol–water partition coefficient (Wildman–Crippen LogP) is 8.23. The minimum atomic E-state index is -1.51. The average Bonchev–Trinajstić information content (AvgIpc) is 3.20. The van der Waals surface area contributed by atoms with E-state index >= 15 is 0 Å². The number of ether oxygens (including phenoxy) is 1. The molecule has 1 aliphatic heterocycles. The Morgan fingerprint density at radius 1 is 1.00 bits per heavy atom. The number of halogens is 2. The summed E-state index contributed by atoms with van der Waals surface area (Å²) in [5.41, 5.74) is 3.40. The van der Waals surface area contributed by atoms with E-state index < -0.39 is 17.4 Å². The van der Waals surface area contributed by atoms with E-state index in [9.17, 15) is 23.5 Å². The van der Waals surface area contributed by atoms with Crippen molar-refractivity contribution in [2.24, 2.45) is 5.92 Å². The third kappa shape index (κ3) is 8.21. The second-order valence-corrected chi connectivity index (χ2v) is 13.3. The summed E-state index contributed by atoms with van der Waals surface area (Å²) in [7, 11) is 0. The van der Waals surface area contributed by atoms with Crippen molar-refractivity contribution in [3.05, 3.63) is 94.0 Å². The van der Waals surface area contributed by atoms with Gasteiger partial charge in [0.25, 0.3) is 5.91 Å². The number of carboxylic acid groups (broad SMARTS) is 1. The van der Waals surface area contributed by atoms with Gasteiger partial charge in [0.1, 0.15) is 17.4 Å². The number of benzene rings is 3. The van der Waals surface area contributed by atoms with Crippen molar-refractivity contribution in [3.8, 4) is 5.75 Å². The Kier molecular flexibility index (Phi) is 10.6. The number of amides is 1. The third-order valence-electron chi connectivity index (χ3n) is 8.56. The zero-order valence-corrected chi connectivity index (χ0v) is 27.4. The van der Waals surface area contributed by atoms with Crippen molar-refractivity contribution in [2.45, 2.75) is 97.8 Å². The van der Waals surface area contributed by atoms with E-state index in [1.54, 1.807) is 12.1 Å². The molecule has 242 valence electrons. The van der Waals surface area contributed by atoms with Gasteiger partial charge in [-0.15, -0.1) is 0 Å². The van der Waals surface area contributed by atoms with Gasteiger partial charge >= 0.3 is 5.97 Å². The molecule has 2 unspecified atom stereocenters. The number of carbonyl (C=O) groups excluding carboxylic acids is 1. The molecule has 3 aromatic carbocycles. The summed E-state index contributed by atoms with van der Waals surface area (Å²) in [5, 5.41) is 12.5. The fraction of sp³-hybridized carbons (Fsp3) is 0.459. The normalized spacial score (nSPS) is 16.9. The van der Waals surface area contributed by atoms with Gasteiger partial charge in [-0.05, 0) is 112 Å². The van der Waals surface area contributed by atoms with E-state index in [4.69, 9.17) is 4.74 Å². The molecule has 2 N–H and O–H groups in total. The van der Waals surface area contributed by atoms with Crippen molar-refractivity contribution >= 4 is 17.6 Å². The third-order valence-corrected chi connectivity index (χ3v) is 8.56. The van der Waals surface area contributed by atoms with Crippen LogP contribution in [-0.4, -0.2) is 35.2 Å². The number of fused-ring (bicyclic) bond motifs is 1. The molecule has 0 aromatic heterocycles. The summed E-state index contributed by atoms with van der Waals surface area (Å²) < 4.78 is 34.7. The highest BCUT2D eigenvalue weighted by Crippen LogP contribution is 2.44. The van der Waals surface area contributed by atoms with Crippen LogP contribution in [0.5, 0.6) is 5.75 Å². The van der Waals surface area contributed by atoms with Crippen LogP contribution >= 0.6 is 0 Å². The highest BCUT2D eigenvalue weighted by atomic mass is 19.1. The van der Waals surface area contributed by atoms with Gasteiger partial charge in [-0.2, -0.15) is 0 Å². The molecule has 4 rings (SSSR count). The molecule has 1 aliphatic rings. The fourth-order valence-corrected chi connectivity index (χ4v) is 6.09. The molecule has 3 aromatic rings. The van der Waals surface area contributed by atoms with E-state index in [0.717, 1.165) is 48.2 Å². The van der Waals surface area contributed by atoms with Gasteiger partial charge in [0.05, 0.1) is 6.04 Å². The maximum Gasteiger partial charge on any atom is 0.347 e. The van der Waals surface area contributed by atoms with Crippen molar-refractivity contribution in [1.82, 2.24) is 5.32 Å². The number of anilines is 1. The van der Waals surface area contributed by atoms with Crippen LogP contribution in [-0.2, 0) is 17.6 Å². The second kappa shape index (κ2) is 14.0. The van der Waals surface area contributed by atoms with Crippen LogP contribution < -0.4 is 15.0 Å². The van der Waals surface area contributed by atoms with Crippen LogP contribution in [0.1, 0.15) is 106 Å². The maximum absolute atomic E-state index is 14.7. The highest BCUT2D eigenvalue weighted by Gasteiger charge is 2.37. The van der Waals surface area contributed by atoms with Gasteiger partial charge < -0.3 is 20.1 Å². The number of hydrogen-bond donors (Lipinski definition) is 2. The van der Waals surface area contributed by atoms with Gasteiger partial charge in [0.15, 0.2) is 5.60 Å². The van der Waals surface area contributed by atoms with Gasteiger partial charge in [-0.25, -0.2) is 13.6 Å². The van der Waals surface area contributed by atoms with E-state index in [0.29, 0.717) is 23.5 Å². The molecular formula is C37H46F2N2O4. The SMILES string of the molecule is CCCCc1cc(F)cc([C@H](C)NC(=O)c2ccc3c(c2)N(CC(C)C)C(C)C3Cc2cc(F)cc(OC(C)(C)C(=O)O)c2)c1. The Hall–Kier alpha value is -3.94. The molecule has 8 heteroatoms. The minimum Gasteiger partial charge on any atom is -0.478 e. The molecule has 0 radical (unpaired) electrons. The average molecular weight is 621 g/mol. The summed E-state index contributed by atoms with van der Waals surface area (Å²) in [6, 6.07) is 14.8. The maximum atomic E-state index is 14.7. The molecule has 0 fully saturated rings. The lowest BCUT2D eigenvalue weighted by Crippen LogP contribution is -2.38. The number of hydrogen-bond acceptors (Lipinski definition) is 4. The van der Waals surface area contributed by atoms with Crippen molar-refractivity contribution in [3.63, 3.8) is 0 Å². The zero-order chi connectivity index (χ0) is 33.1. The number of unbranched alkanes of at least 4 members (excludes halogenated alkanes) is 1. The first-order valence-corrected chi connectivity index (χ1v) is 15.9. The molecule has 0 saturated carbocycles. The lowest BCUT2D eigenvalue weighted by molar-refractivity contribution is -0.152. The van der Waals surface area contributed by atoms with E-state index in [-0.39, 0.29) is 35.5 Å². The molecule has 6 nitrogen and oxygen atoms in total. The van der Waals surface area contributed by atoms with Crippen molar-refractivity contribution < 1.29 is 28.2 Å². The Morgan fingerprint density at radius 3 is 2.36 bits per heavy atom. The number of nitrogens with one attached hydrogen (secondary N) is 1. The first-order chi connectivity index (χ1) is 21.2. The van der Waals surface area contributed by atoms with Crippen molar-refractivity contribution in [1.29, 1.82) is 0 Å². The Bertz CT molecular complexity index is 1540. The van der Waals surface area contributed by atoms with Gasteiger partial charge in [0.2, 0.25) is 0 Å².